The highest BCUT2D eigenvalue weighted by atomic mass is 35.5. The molecule has 0 fully saturated rings. The van der Waals surface area contributed by atoms with Gasteiger partial charge in [-0.1, -0.05) is 0 Å². The Bertz CT molecular complexity index is 352. The fraction of sp³-hybridized carbons (Fsp3) is 0.556. The van der Waals surface area contributed by atoms with Crippen molar-refractivity contribution in [3.63, 3.8) is 0 Å². The molecule has 0 aliphatic carbocycles. The van der Waals surface area contributed by atoms with Crippen LogP contribution in [0.5, 0.6) is 0 Å². The Morgan fingerprint density at radius 2 is 1.56 bits per heavy atom. The number of halogens is 2. The van der Waals surface area contributed by atoms with Gasteiger partial charge in [0.25, 0.3) is 0 Å². The molecule has 0 aliphatic heterocycles. The van der Waals surface area contributed by atoms with E-state index in [0.29, 0.717) is 11.9 Å². The molecule has 0 aliphatic rings. The Morgan fingerprint density at radius 1 is 1.17 bits per heavy atom. The van der Waals surface area contributed by atoms with Crippen LogP contribution in [0.2, 0.25) is 5.28 Å². The summed E-state index contributed by atoms with van der Waals surface area (Å²) in [5.74, 6) is 0.434. The number of aromatic nitrogens is 3. The van der Waals surface area contributed by atoms with Crippen molar-refractivity contribution in [3.05, 3.63) is 5.28 Å². The maximum absolute atomic E-state index is 9.46. The Labute approximate surface area is 115 Å². The molecule has 0 spiro atoms. The van der Waals surface area contributed by atoms with E-state index in [-0.39, 0.29) is 11.2 Å². The van der Waals surface area contributed by atoms with Gasteiger partial charge >= 0.3 is 0 Å². The first-order chi connectivity index (χ1) is 8.53. The van der Waals surface area contributed by atoms with Crippen LogP contribution in [-0.4, -0.2) is 39.8 Å². The van der Waals surface area contributed by atoms with Gasteiger partial charge in [0, 0.05) is 13.1 Å². The summed E-state index contributed by atoms with van der Waals surface area (Å²) in [4.78, 5) is 21.3. The number of hydrogen-bond donors (Lipinski definition) is 3. The summed E-state index contributed by atoms with van der Waals surface area (Å²) in [5, 5.41) is 6.12. The van der Waals surface area contributed by atoms with E-state index >= 15 is 0 Å². The number of anilines is 2. The van der Waals surface area contributed by atoms with Crippen molar-refractivity contribution in [2.45, 2.75) is 13.8 Å². The van der Waals surface area contributed by atoms with Gasteiger partial charge in [-0.15, -0.1) is 11.6 Å². The summed E-state index contributed by atoms with van der Waals surface area (Å²) < 4.78 is 0. The quantitative estimate of drug-likeness (QED) is 0.702. The Hall–Kier alpha value is -1.34. The summed E-state index contributed by atoms with van der Waals surface area (Å²) in [7, 11) is 0. The molecule has 0 bridgehead atoms. The fourth-order valence-electron chi connectivity index (χ4n) is 0.824. The van der Waals surface area contributed by atoms with Crippen LogP contribution in [0.15, 0.2) is 0 Å². The van der Waals surface area contributed by atoms with Crippen molar-refractivity contribution in [3.8, 4) is 0 Å². The molecule has 1 amide bonds. The zero-order valence-electron chi connectivity index (χ0n) is 10.2. The minimum Gasteiger partial charge on any atom is -0.369 e. The monoisotopic (exact) mass is 294 g/mol. The number of carbonyl (C=O) groups is 1. The van der Waals surface area contributed by atoms with E-state index < -0.39 is 5.91 Å². The Balaban J connectivity index is 0.000000494. The third-order valence-corrected chi connectivity index (χ3v) is 1.84. The van der Waals surface area contributed by atoms with Gasteiger partial charge in [0.2, 0.25) is 23.1 Å². The summed E-state index contributed by atoms with van der Waals surface area (Å²) >= 11 is 10.5. The van der Waals surface area contributed by atoms with Crippen LogP contribution in [0.4, 0.5) is 11.9 Å². The first-order valence-electron chi connectivity index (χ1n) is 5.27. The minimum absolute atomic E-state index is 0.0833. The normalized spacial score (nSPS) is 9.11. The number of carbonyl (C=O) groups excluding carboxylic acids is 1. The zero-order chi connectivity index (χ0) is 14.0. The molecule has 102 valence electrons. The Morgan fingerprint density at radius 3 is 1.83 bits per heavy atom. The lowest BCUT2D eigenvalue weighted by atomic mass is 10.7. The smallest absolute Gasteiger partial charge is 0.232 e. The molecule has 1 heterocycles. The average molecular weight is 295 g/mol. The first-order valence-corrected chi connectivity index (χ1v) is 6.18. The van der Waals surface area contributed by atoms with Crippen molar-refractivity contribution < 1.29 is 4.79 Å². The molecule has 4 N–H and O–H groups in total. The predicted octanol–water partition coefficient (Wildman–Crippen LogP) is 1.10. The van der Waals surface area contributed by atoms with Crippen molar-refractivity contribution >= 4 is 41.0 Å². The highest BCUT2D eigenvalue weighted by Crippen LogP contribution is 2.08. The van der Waals surface area contributed by atoms with E-state index in [1.54, 1.807) is 0 Å². The van der Waals surface area contributed by atoms with Crippen LogP contribution >= 0.6 is 23.2 Å². The van der Waals surface area contributed by atoms with Gasteiger partial charge in [-0.25, -0.2) is 0 Å². The van der Waals surface area contributed by atoms with Gasteiger partial charge in [0.05, 0.1) is 0 Å². The van der Waals surface area contributed by atoms with E-state index in [4.69, 9.17) is 23.2 Å². The molecule has 9 heteroatoms. The van der Waals surface area contributed by atoms with E-state index in [1.807, 2.05) is 13.8 Å². The molecule has 1 aromatic heterocycles. The lowest BCUT2D eigenvalue weighted by Crippen LogP contribution is -2.10. The molecule has 0 unspecified atom stereocenters. The average Bonchev–Trinajstić information content (AvgIpc) is 2.30. The van der Waals surface area contributed by atoms with Crippen molar-refractivity contribution in [1.29, 1.82) is 0 Å². The summed E-state index contributed by atoms with van der Waals surface area (Å²) in [6, 6.07) is 0. The van der Waals surface area contributed by atoms with Crippen molar-refractivity contribution in [2.75, 3.05) is 29.6 Å². The second-order valence-corrected chi connectivity index (χ2v) is 3.52. The van der Waals surface area contributed by atoms with Crippen molar-refractivity contribution in [1.82, 2.24) is 15.0 Å². The number of rotatable bonds is 5. The van der Waals surface area contributed by atoms with E-state index in [2.05, 4.69) is 31.3 Å². The van der Waals surface area contributed by atoms with Crippen LogP contribution in [0.25, 0.3) is 0 Å². The second kappa shape index (κ2) is 9.67. The maximum Gasteiger partial charge on any atom is 0.232 e. The van der Waals surface area contributed by atoms with Crippen molar-refractivity contribution in [2.24, 2.45) is 5.73 Å². The minimum atomic E-state index is -0.480. The van der Waals surface area contributed by atoms with Crippen LogP contribution in [-0.2, 0) is 4.79 Å². The van der Waals surface area contributed by atoms with Gasteiger partial charge in [0.15, 0.2) is 0 Å². The van der Waals surface area contributed by atoms with Gasteiger partial charge in [-0.2, -0.15) is 15.0 Å². The molecule has 0 saturated carbocycles. The van der Waals surface area contributed by atoms with Crippen LogP contribution in [0, 0.1) is 0 Å². The molecule has 18 heavy (non-hydrogen) atoms. The summed E-state index contributed by atoms with van der Waals surface area (Å²) in [6.45, 7) is 5.44. The molecule has 0 atom stereocenters. The molecular weight excluding hydrogens is 279 g/mol. The van der Waals surface area contributed by atoms with Gasteiger partial charge < -0.3 is 16.4 Å². The number of nitrogens with zero attached hydrogens (tertiary/aromatic N) is 3. The highest BCUT2D eigenvalue weighted by molar-refractivity contribution is 6.28. The molecule has 7 nitrogen and oxygen atoms in total. The largest absolute Gasteiger partial charge is 0.369 e. The van der Waals surface area contributed by atoms with Gasteiger partial charge in [-0.05, 0) is 25.4 Å². The fourth-order valence-corrected chi connectivity index (χ4v) is 0.985. The standard InChI is InChI=1S/C7H12ClN5.C2H4ClNO/c1-3-9-6-11-5(8)12-7(13-6)10-4-2;3-1-2(4)5/h3-4H2,1-2H3,(H2,9,10,11,12,13);1H2,(H2,4,5). The van der Waals surface area contributed by atoms with E-state index in [9.17, 15) is 4.79 Å². The number of amides is 1. The molecule has 1 aromatic rings. The number of primary amides is 1. The predicted molar refractivity (Wildman–Crippen MR) is 73.1 cm³/mol. The number of nitrogens with one attached hydrogen (secondary N) is 2. The van der Waals surface area contributed by atoms with Gasteiger partial charge in [0.1, 0.15) is 5.88 Å². The number of nitrogens with two attached hydrogens (primary N) is 1. The third kappa shape index (κ3) is 7.86. The van der Waals surface area contributed by atoms with Crippen LogP contribution in [0.3, 0.4) is 0 Å². The van der Waals surface area contributed by atoms with E-state index in [1.165, 1.54) is 0 Å². The summed E-state index contributed by atoms with van der Waals surface area (Å²) in [5.41, 5.74) is 4.52. The first kappa shape index (κ1) is 16.7. The zero-order valence-corrected chi connectivity index (χ0v) is 11.7. The lowest BCUT2D eigenvalue weighted by Gasteiger charge is -2.04. The van der Waals surface area contributed by atoms with Crippen LogP contribution < -0.4 is 16.4 Å². The molecule has 0 saturated heterocycles. The summed E-state index contributed by atoms with van der Waals surface area (Å²) in [6.07, 6.45) is 0. The number of alkyl halides is 1. The topological polar surface area (TPSA) is 106 Å². The maximum atomic E-state index is 9.46. The highest BCUT2D eigenvalue weighted by Gasteiger charge is 2.01. The molecular formula is C9H16Cl2N6O. The lowest BCUT2D eigenvalue weighted by molar-refractivity contribution is -0.115. The van der Waals surface area contributed by atoms with Crippen LogP contribution in [0.1, 0.15) is 13.8 Å². The third-order valence-electron chi connectivity index (χ3n) is 1.41. The second-order valence-electron chi connectivity index (χ2n) is 2.91. The van der Waals surface area contributed by atoms with Gasteiger partial charge in [-0.3, -0.25) is 4.79 Å². The molecule has 0 radical (unpaired) electrons. The molecule has 1 rings (SSSR count). The SMILES string of the molecule is CCNc1nc(Cl)nc(NCC)n1.NC(=O)CCl. The molecule has 0 aromatic carbocycles. The van der Waals surface area contributed by atoms with E-state index in [0.717, 1.165) is 13.1 Å². The number of hydrogen-bond acceptors (Lipinski definition) is 6. The Kier molecular flexibility index (Phi) is 8.95.